The van der Waals surface area contributed by atoms with Crippen molar-refractivity contribution in [1.29, 1.82) is 0 Å². The first-order valence-corrected chi connectivity index (χ1v) is 4.86. The summed E-state index contributed by atoms with van der Waals surface area (Å²) in [6.45, 7) is 0. The van der Waals surface area contributed by atoms with Crippen LogP contribution >= 0.6 is 34.2 Å². The monoisotopic (exact) mass is 321 g/mol. The molecule has 0 amide bonds. The molecular weight excluding hydrogens is 317 g/mol. The Hall–Kier alpha value is -0.0400. The molecule has 1 aromatic heterocycles. The molecule has 0 spiro atoms. The molecule has 0 saturated heterocycles. The van der Waals surface area contributed by atoms with Crippen molar-refractivity contribution >= 4 is 34.2 Å². The molecule has 0 aliphatic heterocycles. The highest BCUT2D eigenvalue weighted by molar-refractivity contribution is 14.1. The summed E-state index contributed by atoms with van der Waals surface area (Å²) in [4.78, 5) is 3.10. The third kappa shape index (κ3) is 2.46. The van der Waals surface area contributed by atoms with E-state index in [0.29, 0.717) is 5.56 Å². The van der Waals surface area contributed by atoms with Gasteiger partial charge in [0, 0.05) is 5.88 Å². The van der Waals surface area contributed by atoms with Gasteiger partial charge in [0.2, 0.25) is 5.95 Å². The van der Waals surface area contributed by atoms with Crippen LogP contribution in [0.1, 0.15) is 17.7 Å². The van der Waals surface area contributed by atoms with Gasteiger partial charge in [-0.25, -0.2) is 13.8 Å². The second-order valence-corrected chi connectivity index (χ2v) is 3.59. The van der Waals surface area contributed by atoms with Crippen molar-refractivity contribution in [2.24, 2.45) is 0 Å². The molecule has 0 saturated carbocycles. The number of hydrogen-bond donors (Lipinski definition) is 0. The third-order valence-corrected chi connectivity index (χ3v) is 2.81. The summed E-state index contributed by atoms with van der Waals surface area (Å²) in [5, 5.41) is 0. The fourth-order valence-electron chi connectivity index (χ4n) is 0.778. The van der Waals surface area contributed by atoms with Crippen LogP contribution in [0.4, 0.5) is 13.2 Å². The maximum absolute atomic E-state index is 12.9. The predicted molar refractivity (Wildman–Crippen MR) is 51.4 cm³/mol. The molecule has 1 rings (SSSR count). The number of nitrogens with zero attached hydrogens (tertiary/aromatic N) is 1. The average molecular weight is 321 g/mol. The highest BCUT2D eigenvalue weighted by Gasteiger charge is 2.15. The maximum atomic E-state index is 12.9. The largest absolute Gasteiger partial charge is 0.280 e. The minimum absolute atomic E-state index is 0.00255. The zero-order valence-electron chi connectivity index (χ0n) is 6.20. The van der Waals surface area contributed by atoms with Crippen molar-refractivity contribution in [3.8, 4) is 0 Å². The standard InChI is InChI=1S/C7H4ClF3IN/c8-2-3-1-4(6(9)10)13-7(11)5(3)12/h1,6H,2H2. The van der Waals surface area contributed by atoms with E-state index in [1.807, 2.05) is 0 Å². The van der Waals surface area contributed by atoms with Crippen LogP contribution in [-0.2, 0) is 5.88 Å². The van der Waals surface area contributed by atoms with Gasteiger partial charge in [0.25, 0.3) is 6.43 Å². The van der Waals surface area contributed by atoms with Crippen molar-refractivity contribution in [3.05, 3.63) is 26.8 Å². The number of pyridine rings is 1. The lowest BCUT2D eigenvalue weighted by atomic mass is 10.2. The van der Waals surface area contributed by atoms with E-state index in [9.17, 15) is 13.2 Å². The van der Waals surface area contributed by atoms with Crippen molar-refractivity contribution < 1.29 is 13.2 Å². The quantitative estimate of drug-likeness (QED) is 0.461. The van der Waals surface area contributed by atoms with Gasteiger partial charge in [-0.2, -0.15) is 4.39 Å². The molecule has 0 radical (unpaired) electrons. The lowest BCUT2D eigenvalue weighted by molar-refractivity contribution is 0.144. The van der Waals surface area contributed by atoms with Crippen molar-refractivity contribution in [1.82, 2.24) is 4.98 Å². The van der Waals surface area contributed by atoms with Crippen LogP contribution in [0.5, 0.6) is 0 Å². The van der Waals surface area contributed by atoms with E-state index in [1.54, 1.807) is 22.6 Å². The van der Waals surface area contributed by atoms with Crippen molar-refractivity contribution in [3.63, 3.8) is 0 Å². The second-order valence-electron chi connectivity index (χ2n) is 2.25. The van der Waals surface area contributed by atoms with Gasteiger partial charge >= 0.3 is 0 Å². The van der Waals surface area contributed by atoms with E-state index >= 15 is 0 Å². The second kappa shape index (κ2) is 4.45. The van der Waals surface area contributed by atoms with Crippen LogP contribution in [0.3, 0.4) is 0 Å². The van der Waals surface area contributed by atoms with Crippen LogP contribution in [0.2, 0.25) is 0 Å². The van der Waals surface area contributed by atoms with E-state index in [2.05, 4.69) is 4.98 Å². The van der Waals surface area contributed by atoms with Gasteiger partial charge < -0.3 is 0 Å². The fourth-order valence-corrected chi connectivity index (χ4v) is 1.68. The molecule has 0 aromatic carbocycles. The smallest absolute Gasteiger partial charge is 0.218 e. The van der Waals surface area contributed by atoms with E-state index in [-0.39, 0.29) is 9.45 Å². The van der Waals surface area contributed by atoms with Crippen LogP contribution < -0.4 is 0 Å². The minimum Gasteiger partial charge on any atom is -0.218 e. The summed E-state index contributed by atoms with van der Waals surface area (Å²) < 4.78 is 37.3. The first kappa shape index (κ1) is 11.0. The molecule has 72 valence electrons. The van der Waals surface area contributed by atoms with Gasteiger partial charge in [-0.05, 0) is 34.2 Å². The van der Waals surface area contributed by atoms with Gasteiger partial charge in [-0.1, -0.05) is 0 Å². The Morgan fingerprint density at radius 1 is 1.54 bits per heavy atom. The summed E-state index contributed by atoms with van der Waals surface area (Å²) in [7, 11) is 0. The molecule has 0 unspecified atom stereocenters. The maximum Gasteiger partial charge on any atom is 0.280 e. The Morgan fingerprint density at radius 2 is 2.15 bits per heavy atom. The van der Waals surface area contributed by atoms with Crippen LogP contribution in [0, 0.1) is 9.52 Å². The summed E-state index contributed by atoms with van der Waals surface area (Å²) in [6.07, 6.45) is -2.77. The highest BCUT2D eigenvalue weighted by Crippen LogP contribution is 2.23. The van der Waals surface area contributed by atoms with Crippen LogP contribution in [-0.4, -0.2) is 4.98 Å². The zero-order valence-corrected chi connectivity index (χ0v) is 9.11. The Bertz CT molecular complexity index is 319. The molecule has 0 N–H and O–H groups in total. The van der Waals surface area contributed by atoms with Crippen LogP contribution in [0.25, 0.3) is 0 Å². The first-order valence-electron chi connectivity index (χ1n) is 3.25. The molecule has 0 aliphatic rings. The minimum atomic E-state index is -2.77. The zero-order chi connectivity index (χ0) is 10.0. The van der Waals surface area contributed by atoms with E-state index < -0.39 is 18.1 Å². The van der Waals surface area contributed by atoms with Crippen molar-refractivity contribution in [2.75, 3.05) is 0 Å². The van der Waals surface area contributed by atoms with Gasteiger partial charge in [-0.3, -0.25) is 0 Å². The fraction of sp³-hybridized carbons (Fsp3) is 0.286. The molecule has 6 heteroatoms. The molecule has 0 aliphatic carbocycles. The number of alkyl halides is 3. The lowest BCUT2D eigenvalue weighted by Gasteiger charge is -2.04. The summed E-state index contributed by atoms with van der Waals surface area (Å²) in [5.41, 5.74) is -0.237. The molecule has 0 fully saturated rings. The predicted octanol–water partition coefficient (Wildman–Crippen LogP) is 3.50. The first-order chi connectivity index (χ1) is 6.06. The number of aromatic nitrogens is 1. The van der Waals surface area contributed by atoms with Gasteiger partial charge in [-0.15, -0.1) is 11.6 Å². The molecule has 13 heavy (non-hydrogen) atoms. The molecule has 0 bridgehead atoms. The van der Waals surface area contributed by atoms with Crippen molar-refractivity contribution in [2.45, 2.75) is 12.3 Å². The Labute approximate surface area is 91.4 Å². The molecular formula is C7H4ClF3IN. The van der Waals surface area contributed by atoms with E-state index in [4.69, 9.17) is 11.6 Å². The number of rotatable bonds is 2. The number of hydrogen-bond acceptors (Lipinski definition) is 1. The Kier molecular flexibility index (Phi) is 3.78. The summed E-state index contributed by atoms with van der Waals surface area (Å²) in [5.74, 6) is -0.897. The summed E-state index contributed by atoms with van der Waals surface area (Å²) >= 11 is 7.11. The molecule has 1 aromatic rings. The van der Waals surface area contributed by atoms with E-state index in [1.165, 1.54) is 0 Å². The average Bonchev–Trinajstić information content (AvgIpc) is 2.09. The SMILES string of the molecule is Fc1nc(C(F)F)cc(CCl)c1I. The Morgan fingerprint density at radius 3 is 2.62 bits per heavy atom. The Balaban J connectivity index is 3.22. The molecule has 0 atom stereocenters. The highest BCUT2D eigenvalue weighted by atomic mass is 127. The van der Waals surface area contributed by atoms with Gasteiger partial charge in [0.05, 0.1) is 3.57 Å². The van der Waals surface area contributed by atoms with Crippen LogP contribution in [0.15, 0.2) is 6.07 Å². The van der Waals surface area contributed by atoms with Gasteiger partial charge in [0.1, 0.15) is 5.69 Å². The lowest BCUT2D eigenvalue weighted by Crippen LogP contribution is -2.00. The van der Waals surface area contributed by atoms with Gasteiger partial charge in [0.15, 0.2) is 0 Å². The normalized spacial score (nSPS) is 10.9. The van der Waals surface area contributed by atoms with E-state index in [0.717, 1.165) is 6.07 Å². The topological polar surface area (TPSA) is 12.9 Å². The molecule has 1 nitrogen and oxygen atoms in total. The molecule has 1 heterocycles. The third-order valence-electron chi connectivity index (χ3n) is 1.38. The number of halogens is 5. The summed E-state index contributed by atoms with van der Waals surface area (Å²) in [6, 6.07) is 1.11.